The number of hydrogen-bond acceptors (Lipinski definition) is 1. The molecule has 12 rings (SSSR count). The van der Waals surface area contributed by atoms with Crippen LogP contribution in [0.15, 0.2) is 255 Å². The maximum absolute atomic E-state index is 2.44. The van der Waals surface area contributed by atoms with E-state index in [0.717, 1.165) is 22.7 Å². The van der Waals surface area contributed by atoms with E-state index >= 15 is 0 Å². The summed E-state index contributed by atoms with van der Waals surface area (Å²) in [6, 6.07) is 92.6. The quantitative estimate of drug-likeness (QED) is 0.148. The monoisotopic (exact) mass is 814 g/mol. The van der Waals surface area contributed by atoms with Crippen molar-refractivity contribution in [3.8, 4) is 50.2 Å². The maximum Gasteiger partial charge on any atom is 0.0619 e. The summed E-state index contributed by atoms with van der Waals surface area (Å²) in [6.45, 7) is 0. The molecule has 11 aromatic carbocycles. The highest BCUT2D eigenvalue weighted by molar-refractivity contribution is 6.19. The molecule has 0 radical (unpaired) electrons. The Balaban J connectivity index is 0.957. The maximum atomic E-state index is 2.44. The van der Waals surface area contributed by atoms with Gasteiger partial charge in [0.1, 0.15) is 0 Å². The number of nitrogens with zero attached hydrogens (tertiary/aromatic N) is 2. The van der Waals surface area contributed by atoms with Gasteiger partial charge >= 0.3 is 0 Å². The summed E-state index contributed by atoms with van der Waals surface area (Å²) in [5, 5.41) is 7.41. The topological polar surface area (TPSA) is 8.17 Å². The van der Waals surface area contributed by atoms with Gasteiger partial charge in [0.05, 0.1) is 16.7 Å². The van der Waals surface area contributed by atoms with E-state index in [9.17, 15) is 0 Å². The van der Waals surface area contributed by atoms with Gasteiger partial charge in [-0.2, -0.15) is 0 Å². The molecule has 0 saturated heterocycles. The lowest BCUT2D eigenvalue weighted by atomic mass is 9.89. The van der Waals surface area contributed by atoms with Crippen LogP contribution in [-0.4, -0.2) is 4.57 Å². The molecule has 0 unspecified atom stereocenters. The van der Waals surface area contributed by atoms with Gasteiger partial charge in [-0.1, -0.05) is 206 Å². The summed E-state index contributed by atoms with van der Waals surface area (Å²) in [5.41, 5.74) is 16.5. The van der Waals surface area contributed by atoms with Crippen molar-refractivity contribution in [2.24, 2.45) is 0 Å². The number of para-hydroxylation sites is 1. The fraction of sp³-hybridized carbons (Fsp3) is 0. The minimum atomic E-state index is 1.09. The Kier molecular flexibility index (Phi) is 9.20. The largest absolute Gasteiger partial charge is 0.310 e. The standard InChI is InChI=1S/C62H42N2/c1-3-16-44(17-4-1)52-23-11-13-27-56(52)57-28-14-12-24-53(57)47-32-38-51(39-33-47)63(60-29-15-20-45-18-7-9-25-54(45)60)50-36-30-43(31-37-50)48-35-40-58-59-41-34-46-19-8-10-26-55(46)62(59)64(61(58)42-48)49-21-5-2-6-22-49/h1-42H. The summed E-state index contributed by atoms with van der Waals surface area (Å²) in [4.78, 5) is 2.40. The first-order valence-corrected chi connectivity index (χ1v) is 22.0. The van der Waals surface area contributed by atoms with Crippen molar-refractivity contribution in [3.05, 3.63) is 255 Å². The lowest BCUT2D eigenvalue weighted by Crippen LogP contribution is -2.10. The lowest BCUT2D eigenvalue weighted by Gasteiger charge is -2.27. The minimum Gasteiger partial charge on any atom is -0.310 e. The van der Waals surface area contributed by atoms with Gasteiger partial charge in [-0.25, -0.2) is 0 Å². The SMILES string of the molecule is c1ccc(-c2ccccc2-c2ccccc2-c2ccc(N(c3ccc(-c4ccc5c6ccc7ccccc7c6n(-c6ccccc6)c5c4)cc3)c3cccc4ccccc34)cc2)cc1. The Hall–Kier alpha value is -8.46. The zero-order chi connectivity index (χ0) is 42.4. The van der Waals surface area contributed by atoms with Gasteiger partial charge in [0.2, 0.25) is 0 Å². The van der Waals surface area contributed by atoms with E-state index in [-0.39, 0.29) is 0 Å². The zero-order valence-corrected chi connectivity index (χ0v) is 35.1. The highest BCUT2D eigenvalue weighted by atomic mass is 15.1. The van der Waals surface area contributed by atoms with Crippen LogP contribution in [0.3, 0.4) is 0 Å². The lowest BCUT2D eigenvalue weighted by molar-refractivity contribution is 1.19. The number of rotatable bonds is 8. The Labute approximate surface area is 373 Å². The molecule has 0 amide bonds. The van der Waals surface area contributed by atoms with Crippen molar-refractivity contribution in [1.82, 2.24) is 4.57 Å². The van der Waals surface area contributed by atoms with E-state index < -0.39 is 0 Å². The van der Waals surface area contributed by atoms with Crippen LogP contribution in [0.4, 0.5) is 17.1 Å². The van der Waals surface area contributed by atoms with E-state index in [1.165, 1.54) is 87.9 Å². The van der Waals surface area contributed by atoms with Crippen molar-refractivity contribution in [1.29, 1.82) is 0 Å². The van der Waals surface area contributed by atoms with Crippen LogP contribution in [0.25, 0.3) is 93.5 Å². The van der Waals surface area contributed by atoms with Gasteiger partial charge in [-0.15, -0.1) is 0 Å². The van der Waals surface area contributed by atoms with Crippen LogP contribution in [0.1, 0.15) is 0 Å². The fourth-order valence-corrected chi connectivity index (χ4v) is 9.78. The van der Waals surface area contributed by atoms with Crippen molar-refractivity contribution in [3.63, 3.8) is 0 Å². The Morgan fingerprint density at radius 2 is 0.766 bits per heavy atom. The molecule has 0 aliphatic carbocycles. The molecule has 0 aliphatic heterocycles. The predicted octanol–water partition coefficient (Wildman–Crippen LogP) is 17.2. The second kappa shape index (κ2) is 15.8. The predicted molar refractivity (Wildman–Crippen MR) is 272 cm³/mol. The van der Waals surface area contributed by atoms with E-state index in [1.807, 2.05) is 0 Å². The first-order valence-electron chi connectivity index (χ1n) is 22.0. The number of fused-ring (bicyclic) bond motifs is 6. The summed E-state index contributed by atoms with van der Waals surface area (Å²) in [7, 11) is 0. The Morgan fingerprint density at radius 3 is 1.44 bits per heavy atom. The normalized spacial score (nSPS) is 11.4. The Morgan fingerprint density at radius 1 is 0.281 bits per heavy atom. The zero-order valence-electron chi connectivity index (χ0n) is 35.1. The minimum absolute atomic E-state index is 1.09. The summed E-state index contributed by atoms with van der Waals surface area (Å²) < 4.78 is 2.44. The molecule has 0 fully saturated rings. The second-order valence-electron chi connectivity index (χ2n) is 16.5. The molecule has 0 spiro atoms. The molecular weight excluding hydrogens is 773 g/mol. The van der Waals surface area contributed by atoms with Crippen molar-refractivity contribution < 1.29 is 0 Å². The van der Waals surface area contributed by atoms with Crippen LogP contribution in [0.2, 0.25) is 0 Å². The number of benzene rings is 11. The van der Waals surface area contributed by atoms with Crippen LogP contribution in [0.5, 0.6) is 0 Å². The molecule has 2 nitrogen and oxygen atoms in total. The number of hydrogen-bond donors (Lipinski definition) is 0. The molecule has 0 bridgehead atoms. The fourth-order valence-electron chi connectivity index (χ4n) is 9.78. The third-order valence-corrected chi connectivity index (χ3v) is 12.8. The van der Waals surface area contributed by atoms with Gasteiger partial charge in [0.25, 0.3) is 0 Å². The summed E-state index contributed by atoms with van der Waals surface area (Å²) in [6.07, 6.45) is 0. The molecule has 0 N–H and O–H groups in total. The van der Waals surface area contributed by atoms with Gasteiger partial charge in [-0.05, 0) is 104 Å². The van der Waals surface area contributed by atoms with E-state index in [2.05, 4.69) is 264 Å². The first kappa shape index (κ1) is 37.3. The molecule has 12 aromatic rings. The smallest absolute Gasteiger partial charge is 0.0619 e. The van der Waals surface area contributed by atoms with E-state index in [4.69, 9.17) is 0 Å². The molecule has 0 atom stereocenters. The summed E-state index contributed by atoms with van der Waals surface area (Å²) in [5.74, 6) is 0. The van der Waals surface area contributed by atoms with E-state index in [0.29, 0.717) is 0 Å². The molecule has 1 aromatic heterocycles. The average Bonchev–Trinajstić information content (AvgIpc) is 3.72. The van der Waals surface area contributed by atoms with Gasteiger partial charge in [-0.3, -0.25) is 0 Å². The summed E-state index contributed by atoms with van der Waals surface area (Å²) >= 11 is 0. The number of aromatic nitrogens is 1. The van der Waals surface area contributed by atoms with Gasteiger partial charge in [0, 0.05) is 38.6 Å². The van der Waals surface area contributed by atoms with Crippen LogP contribution >= 0.6 is 0 Å². The van der Waals surface area contributed by atoms with Gasteiger partial charge < -0.3 is 9.47 Å². The third-order valence-electron chi connectivity index (χ3n) is 12.8. The van der Waals surface area contributed by atoms with Crippen LogP contribution < -0.4 is 4.90 Å². The van der Waals surface area contributed by atoms with Crippen molar-refractivity contribution in [2.75, 3.05) is 4.90 Å². The number of anilines is 3. The van der Waals surface area contributed by atoms with Crippen molar-refractivity contribution >= 4 is 60.4 Å². The van der Waals surface area contributed by atoms with Crippen LogP contribution in [0, 0.1) is 0 Å². The first-order chi connectivity index (χ1) is 31.8. The third kappa shape index (κ3) is 6.44. The molecule has 64 heavy (non-hydrogen) atoms. The second-order valence-corrected chi connectivity index (χ2v) is 16.5. The van der Waals surface area contributed by atoms with Crippen LogP contribution in [-0.2, 0) is 0 Å². The molecule has 1 heterocycles. The molecular formula is C62H42N2. The average molecular weight is 815 g/mol. The van der Waals surface area contributed by atoms with Crippen molar-refractivity contribution in [2.45, 2.75) is 0 Å². The highest BCUT2D eigenvalue weighted by Gasteiger charge is 2.19. The molecule has 0 aliphatic rings. The Bertz CT molecular complexity index is 3640. The highest BCUT2D eigenvalue weighted by Crippen LogP contribution is 2.43. The van der Waals surface area contributed by atoms with E-state index in [1.54, 1.807) is 0 Å². The molecule has 2 heteroatoms. The van der Waals surface area contributed by atoms with Gasteiger partial charge in [0.15, 0.2) is 0 Å². The molecule has 0 saturated carbocycles. The molecule has 300 valence electrons.